The maximum Gasteiger partial charge on any atom is 0.240 e. The van der Waals surface area contributed by atoms with Crippen LogP contribution >= 0.6 is 0 Å². The van der Waals surface area contributed by atoms with Crippen molar-refractivity contribution in [3.8, 4) is 0 Å². The van der Waals surface area contributed by atoms with E-state index in [1.807, 2.05) is 6.07 Å². The number of nitrogens with zero attached hydrogens (tertiary/aromatic N) is 1. The van der Waals surface area contributed by atoms with Gasteiger partial charge >= 0.3 is 0 Å². The van der Waals surface area contributed by atoms with Crippen molar-refractivity contribution in [3.63, 3.8) is 0 Å². The summed E-state index contributed by atoms with van der Waals surface area (Å²) >= 11 is 0. The number of carbonyl (C=O) groups excluding carboxylic acids is 1. The van der Waals surface area contributed by atoms with Crippen molar-refractivity contribution in [1.29, 1.82) is 0 Å². The highest BCUT2D eigenvalue weighted by Crippen LogP contribution is 2.20. The number of nitrogens with one attached hydrogen (secondary N) is 1. The van der Waals surface area contributed by atoms with Crippen molar-refractivity contribution in [3.05, 3.63) is 29.3 Å². The lowest BCUT2D eigenvalue weighted by molar-refractivity contribution is -0.128. The van der Waals surface area contributed by atoms with Gasteiger partial charge in [-0.2, -0.15) is 0 Å². The molecule has 122 valence electrons. The number of nitrogens with two attached hydrogens (primary N) is 1. The zero-order valence-corrected chi connectivity index (χ0v) is 13.8. The fraction of sp³-hybridized carbons (Fsp3) is 0.533. The Bertz CT molecular complexity index is 658. The second-order valence-electron chi connectivity index (χ2n) is 5.69. The highest BCUT2D eigenvalue weighted by Gasteiger charge is 2.20. The minimum Gasteiger partial charge on any atom is -0.342 e. The summed E-state index contributed by atoms with van der Waals surface area (Å²) in [5.74, 6) is 0.0547. The monoisotopic (exact) mass is 325 g/mol. The third kappa shape index (κ3) is 3.85. The number of carbonyl (C=O) groups is 1. The number of amides is 1. The zero-order chi connectivity index (χ0) is 16.3. The standard InChI is InChI=1S/C15H23N3O3S/c1-11(10-16)17-22(20,21)15-4-3-13-5-7-18(12(2)19)8-6-14(13)9-15/h3-4,9,11,17H,5-8,10,16H2,1-2H3/t11-/m0/s1. The summed E-state index contributed by atoms with van der Waals surface area (Å²) in [5.41, 5.74) is 7.57. The van der Waals surface area contributed by atoms with Crippen molar-refractivity contribution in [2.75, 3.05) is 19.6 Å². The molecule has 0 spiro atoms. The van der Waals surface area contributed by atoms with Crippen LogP contribution in [0.4, 0.5) is 0 Å². The van der Waals surface area contributed by atoms with Gasteiger partial charge in [0.15, 0.2) is 0 Å². The largest absolute Gasteiger partial charge is 0.342 e. The van der Waals surface area contributed by atoms with Gasteiger partial charge in [0.2, 0.25) is 15.9 Å². The highest BCUT2D eigenvalue weighted by molar-refractivity contribution is 7.89. The molecule has 1 aliphatic heterocycles. The lowest BCUT2D eigenvalue weighted by Gasteiger charge is -2.17. The lowest BCUT2D eigenvalue weighted by atomic mass is 10.0. The Morgan fingerprint density at radius 2 is 1.95 bits per heavy atom. The number of sulfonamides is 1. The Morgan fingerprint density at radius 3 is 2.55 bits per heavy atom. The summed E-state index contributed by atoms with van der Waals surface area (Å²) in [6.07, 6.45) is 1.42. The van der Waals surface area contributed by atoms with E-state index in [1.165, 1.54) is 0 Å². The smallest absolute Gasteiger partial charge is 0.240 e. The van der Waals surface area contributed by atoms with Crippen molar-refractivity contribution in [1.82, 2.24) is 9.62 Å². The molecule has 0 unspecified atom stereocenters. The fourth-order valence-electron chi connectivity index (χ4n) is 2.56. The average molecular weight is 325 g/mol. The van der Waals surface area contributed by atoms with E-state index in [0.717, 1.165) is 17.5 Å². The minimum absolute atomic E-state index is 0.0547. The molecule has 0 fully saturated rings. The number of benzene rings is 1. The molecule has 0 radical (unpaired) electrons. The van der Waals surface area contributed by atoms with Crippen LogP contribution < -0.4 is 10.5 Å². The lowest BCUT2D eigenvalue weighted by Crippen LogP contribution is -2.37. The molecule has 0 aliphatic carbocycles. The predicted octanol–water partition coefficient (Wildman–Crippen LogP) is 0.259. The summed E-state index contributed by atoms with van der Waals surface area (Å²) < 4.78 is 27.2. The molecule has 1 aromatic carbocycles. The van der Waals surface area contributed by atoms with Gasteiger partial charge in [-0.25, -0.2) is 13.1 Å². The zero-order valence-electron chi connectivity index (χ0n) is 13.0. The van der Waals surface area contributed by atoms with Crippen LogP contribution in [0.15, 0.2) is 23.1 Å². The van der Waals surface area contributed by atoms with E-state index < -0.39 is 10.0 Å². The molecule has 2 rings (SSSR count). The third-order valence-corrected chi connectivity index (χ3v) is 5.53. The van der Waals surface area contributed by atoms with Crippen LogP contribution in [0.1, 0.15) is 25.0 Å². The van der Waals surface area contributed by atoms with Gasteiger partial charge in [0.05, 0.1) is 4.90 Å². The first-order chi connectivity index (χ1) is 10.3. The highest BCUT2D eigenvalue weighted by atomic mass is 32.2. The molecule has 0 bridgehead atoms. The molecular weight excluding hydrogens is 302 g/mol. The van der Waals surface area contributed by atoms with Crippen LogP contribution in [0.3, 0.4) is 0 Å². The van der Waals surface area contributed by atoms with Gasteiger partial charge in [-0.3, -0.25) is 4.79 Å². The first kappa shape index (κ1) is 16.9. The molecule has 7 heteroatoms. The number of hydrogen-bond acceptors (Lipinski definition) is 4. The van der Waals surface area contributed by atoms with Gasteiger partial charge < -0.3 is 10.6 Å². The third-order valence-electron chi connectivity index (χ3n) is 3.95. The van der Waals surface area contributed by atoms with Gasteiger partial charge in [0.25, 0.3) is 0 Å². The van der Waals surface area contributed by atoms with Gasteiger partial charge in [-0.15, -0.1) is 0 Å². The van der Waals surface area contributed by atoms with Crippen LogP contribution in [-0.4, -0.2) is 44.9 Å². The Hall–Kier alpha value is -1.44. The average Bonchev–Trinajstić information content (AvgIpc) is 2.68. The summed E-state index contributed by atoms with van der Waals surface area (Å²) in [5, 5.41) is 0. The van der Waals surface area contributed by atoms with E-state index in [0.29, 0.717) is 19.5 Å². The van der Waals surface area contributed by atoms with Gasteiger partial charge in [-0.05, 0) is 43.0 Å². The molecule has 3 N–H and O–H groups in total. The second-order valence-corrected chi connectivity index (χ2v) is 7.41. The van der Waals surface area contributed by atoms with E-state index in [9.17, 15) is 13.2 Å². The molecule has 0 saturated heterocycles. The SMILES string of the molecule is CC(=O)N1CCc2ccc(S(=O)(=O)N[C@@H](C)CN)cc2CC1. The number of rotatable bonds is 4. The molecule has 1 aromatic rings. The molecule has 6 nitrogen and oxygen atoms in total. The maximum atomic E-state index is 12.3. The first-order valence-electron chi connectivity index (χ1n) is 7.43. The van der Waals surface area contributed by atoms with Gasteiger partial charge in [0.1, 0.15) is 0 Å². The topological polar surface area (TPSA) is 92.5 Å². The van der Waals surface area contributed by atoms with E-state index in [4.69, 9.17) is 5.73 Å². The molecular formula is C15H23N3O3S. The van der Waals surface area contributed by atoms with E-state index in [2.05, 4.69) is 4.72 Å². The van der Waals surface area contributed by atoms with E-state index >= 15 is 0 Å². The van der Waals surface area contributed by atoms with Crippen LogP contribution in [0.25, 0.3) is 0 Å². The fourth-order valence-corrected chi connectivity index (χ4v) is 3.87. The number of hydrogen-bond donors (Lipinski definition) is 2. The molecule has 22 heavy (non-hydrogen) atoms. The minimum atomic E-state index is -3.56. The van der Waals surface area contributed by atoms with Crippen LogP contribution in [0, 0.1) is 0 Å². The van der Waals surface area contributed by atoms with E-state index in [1.54, 1.807) is 30.9 Å². The Kier molecular flexibility index (Phi) is 5.20. The summed E-state index contributed by atoms with van der Waals surface area (Å²) in [6, 6.07) is 4.87. The maximum absolute atomic E-state index is 12.3. The molecule has 1 amide bonds. The molecule has 0 aromatic heterocycles. The van der Waals surface area contributed by atoms with Crippen molar-refractivity contribution >= 4 is 15.9 Å². The van der Waals surface area contributed by atoms with Gasteiger partial charge in [0, 0.05) is 32.6 Å². The molecule has 1 aliphatic rings. The molecule has 1 heterocycles. The van der Waals surface area contributed by atoms with Crippen molar-refractivity contribution < 1.29 is 13.2 Å². The summed E-state index contributed by atoms with van der Waals surface area (Å²) in [6.45, 7) is 4.84. The molecule has 1 atom stereocenters. The number of fused-ring (bicyclic) bond motifs is 1. The second kappa shape index (κ2) is 6.76. The van der Waals surface area contributed by atoms with Crippen LogP contribution in [-0.2, 0) is 27.7 Å². The van der Waals surface area contributed by atoms with Crippen LogP contribution in [0.5, 0.6) is 0 Å². The predicted molar refractivity (Wildman–Crippen MR) is 84.9 cm³/mol. The van der Waals surface area contributed by atoms with E-state index in [-0.39, 0.29) is 23.4 Å². The van der Waals surface area contributed by atoms with Gasteiger partial charge in [-0.1, -0.05) is 6.07 Å². The first-order valence-corrected chi connectivity index (χ1v) is 8.91. The Balaban J connectivity index is 2.24. The molecule has 0 saturated carbocycles. The van der Waals surface area contributed by atoms with Crippen LogP contribution in [0.2, 0.25) is 0 Å². The summed E-state index contributed by atoms with van der Waals surface area (Å²) in [7, 11) is -3.56. The summed E-state index contributed by atoms with van der Waals surface area (Å²) in [4.78, 5) is 13.5. The normalized spacial score (nSPS) is 16.8. The van der Waals surface area contributed by atoms with Crippen molar-refractivity contribution in [2.45, 2.75) is 37.6 Å². The Labute approximate surface area is 131 Å². The quantitative estimate of drug-likeness (QED) is 0.830. The van der Waals surface area contributed by atoms with Crippen molar-refractivity contribution in [2.24, 2.45) is 5.73 Å². The Morgan fingerprint density at radius 1 is 1.32 bits per heavy atom.